The number of aliphatic hydroxyl groups excluding tert-OH is 1. The summed E-state index contributed by atoms with van der Waals surface area (Å²) in [5.41, 5.74) is 4.87. The molecule has 2 aliphatic heterocycles. The van der Waals surface area contributed by atoms with Crippen molar-refractivity contribution in [2.24, 2.45) is 0 Å². The maximum Gasteiger partial charge on any atom is 0.122 e. The Balaban J connectivity index is 0.884. The molecule has 42 heavy (non-hydrogen) atoms. The molecule has 0 amide bonds. The molecule has 6 rings (SSSR count). The Labute approximate surface area is 256 Å². The van der Waals surface area contributed by atoms with Crippen LogP contribution < -0.4 is 18.9 Å². The molecule has 0 saturated carbocycles. The van der Waals surface area contributed by atoms with Crippen molar-refractivity contribution in [3.05, 3.63) is 119 Å². The number of aliphatic hydroxyl groups is 1. The maximum absolute atomic E-state index is 10.4. The van der Waals surface area contributed by atoms with E-state index in [1.54, 1.807) is 0 Å². The SMILES string of the molecule is OC(COc1ccc(Cc2ccc(OCC3CS3)cc2)cc1)COc1ccc(Cc2ccc(OCC3CS3)cc2)cc1. The average molecular weight is 601 g/mol. The lowest BCUT2D eigenvalue weighted by Gasteiger charge is -2.14. The van der Waals surface area contributed by atoms with Crippen molar-refractivity contribution in [2.45, 2.75) is 29.4 Å². The van der Waals surface area contributed by atoms with E-state index in [4.69, 9.17) is 18.9 Å². The van der Waals surface area contributed by atoms with Gasteiger partial charge in [0.1, 0.15) is 55.5 Å². The molecule has 2 fully saturated rings. The zero-order valence-electron chi connectivity index (χ0n) is 23.5. The molecule has 2 saturated heterocycles. The average Bonchev–Trinajstić information content (AvgIpc) is 3.96. The first-order valence-electron chi connectivity index (χ1n) is 14.4. The fourth-order valence-electron chi connectivity index (χ4n) is 4.43. The predicted molar refractivity (Wildman–Crippen MR) is 172 cm³/mol. The van der Waals surface area contributed by atoms with Gasteiger partial charge in [-0.2, -0.15) is 23.5 Å². The molecule has 2 atom stereocenters. The minimum Gasteiger partial charge on any atom is -0.492 e. The quantitative estimate of drug-likeness (QED) is 0.144. The van der Waals surface area contributed by atoms with Crippen LogP contribution in [-0.4, -0.2) is 59.6 Å². The molecule has 0 radical (unpaired) electrons. The van der Waals surface area contributed by atoms with E-state index < -0.39 is 6.10 Å². The maximum atomic E-state index is 10.4. The smallest absolute Gasteiger partial charge is 0.122 e. The first-order chi connectivity index (χ1) is 20.6. The van der Waals surface area contributed by atoms with Crippen LogP contribution in [-0.2, 0) is 12.8 Å². The highest BCUT2D eigenvalue weighted by molar-refractivity contribution is 8.07. The number of hydrogen-bond acceptors (Lipinski definition) is 7. The molecule has 0 aliphatic carbocycles. The van der Waals surface area contributed by atoms with E-state index in [0.717, 1.165) is 49.1 Å². The summed E-state index contributed by atoms with van der Waals surface area (Å²) in [4.78, 5) is 0. The third-order valence-electron chi connectivity index (χ3n) is 7.07. The van der Waals surface area contributed by atoms with Gasteiger partial charge < -0.3 is 24.1 Å². The Bertz CT molecular complexity index is 1270. The topological polar surface area (TPSA) is 57.2 Å². The van der Waals surface area contributed by atoms with Crippen LogP contribution in [0, 0.1) is 0 Å². The fourth-order valence-corrected chi connectivity index (χ4v) is 5.22. The molecule has 1 N–H and O–H groups in total. The first kappa shape index (κ1) is 28.8. The van der Waals surface area contributed by atoms with Crippen LogP contribution in [0.25, 0.3) is 0 Å². The Hall–Kier alpha value is -3.26. The summed E-state index contributed by atoms with van der Waals surface area (Å²) < 4.78 is 23.2. The normalized spacial score (nSPS) is 17.7. The minimum absolute atomic E-state index is 0.164. The molecule has 0 bridgehead atoms. The third-order valence-corrected chi connectivity index (χ3v) is 8.95. The van der Waals surface area contributed by atoms with Crippen molar-refractivity contribution < 1.29 is 24.1 Å². The van der Waals surface area contributed by atoms with Crippen molar-refractivity contribution in [2.75, 3.05) is 37.9 Å². The predicted octanol–water partition coefficient (Wildman–Crippen LogP) is 6.68. The largest absolute Gasteiger partial charge is 0.492 e. The molecular weight excluding hydrogens is 565 g/mol. The molecule has 0 aromatic heterocycles. The number of benzene rings is 4. The lowest BCUT2D eigenvalue weighted by atomic mass is 10.0. The molecule has 2 heterocycles. The lowest BCUT2D eigenvalue weighted by molar-refractivity contribution is 0.0626. The van der Waals surface area contributed by atoms with Gasteiger partial charge in [0.05, 0.1) is 0 Å². The second-order valence-electron chi connectivity index (χ2n) is 10.7. The summed E-state index contributed by atoms with van der Waals surface area (Å²) >= 11 is 3.89. The van der Waals surface area contributed by atoms with E-state index in [1.165, 1.54) is 33.8 Å². The summed E-state index contributed by atoms with van der Waals surface area (Å²) in [6.45, 7) is 1.92. The van der Waals surface area contributed by atoms with Gasteiger partial charge >= 0.3 is 0 Å². The molecule has 2 unspecified atom stereocenters. The van der Waals surface area contributed by atoms with Crippen molar-refractivity contribution in [1.82, 2.24) is 0 Å². The van der Waals surface area contributed by atoms with Gasteiger partial charge in [0, 0.05) is 22.0 Å². The van der Waals surface area contributed by atoms with E-state index in [2.05, 4.69) is 48.5 Å². The van der Waals surface area contributed by atoms with Crippen LogP contribution in [0.1, 0.15) is 22.3 Å². The molecule has 4 aromatic rings. The van der Waals surface area contributed by atoms with E-state index in [1.807, 2.05) is 72.1 Å². The Morgan fingerprint density at radius 1 is 0.500 bits per heavy atom. The standard InChI is InChI=1S/C35H36O5S2/c36-29(19-37-30-9-1-25(2-10-30)17-27-5-13-32(14-6-27)39-21-34-23-41-34)20-38-31-11-3-26(4-12-31)18-28-7-15-33(16-8-28)40-22-35-24-42-35/h1-16,29,34-36H,17-24H2. The molecule has 5 nitrogen and oxygen atoms in total. The molecule has 2 aliphatic rings. The van der Waals surface area contributed by atoms with Gasteiger partial charge in [0.15, 0.2) is 0 Å². The lowest BCUT2D eigenvalue weighted by Crippen LogP contribution is -2.25. The monoisotopic (exact) mass is 600 g/mol. The molecule has 0 spiro atoms. The number of rotatable bonds is 16. The van der Waals surface area contributed by atoms with Crippen LogP contribution in [0.5, 0.6) is 23.0 Å². The molecule has 218 valence electrons. The van der Waals surface area contributed by atoms with Gasteiger partial charge in [-0.25, -0.2) is 0 Å². The zero-order valence-corrected chi connectivity index (χ0v) is 25.2. The van der Waals surface area contributed by atoms with E-state index in [0.29, 0.717) is 10.5 Å². The zero-order chi connectivity index (χ0) is 28.6. The summed E-state index contributed by atoms with van der Waals surface area (Å²) in [7, 11) is 0. The van der Waals surface area contributed by atoms with Crippen molar-refractivity contribution >= 4 is 23.5 Å². The second kappa shape index (κ2) is 14.3. The van der Waals surface area contributed by atoms with E-state index in [9.17, 15) is 5.11 Å². The van der Waals surface area contributed by atoms with Crippen LogP contribution in [0.3, 0.4) is 0 Å². The highest BCUT2D eigenvalue weighted by Gasteiger charge is 2.23. The van der Waals surface area contributed by atoms with Crippen molar-refractivity contribution in [3.8, 4) is 23.0 Å². The molecule has 4 aromatic carbocycles. The first-order valence-corrected chi connectivity index (χ1v) is 16.5. The summed E-state index contributed by atoms with van der Waals surface area (Å²) in [6, 6.07) is 32.7. The van der Waals surface area contributed by atoms with Crippen molar-refractivity contribution in [1.29, 1.82) is 0 Å². The highest BCUT2D eigenvalue weighted by atomic mass is 32.2. The van der Waals surface area contributed by atoms with Crippen LogP contribution in [0.4, 0.5) is 0 Å². The summed E-state index contributed by atoms with van der Waals surface area (Å²) in [5, 5.41) is 11.7. The highest BCUT2D eigenvalue weighted by Crippen LogP contribution is 2.31. The van der Waals surface area contributed by atoms with Gasteiger partial charge in [-0.1, -0.05) is 48.5 Å². The van der Waals surface area contributed by atoms with E-state index >= 15 is 0 Å². The fraction of sp³-hybridized carbons (Fsp3) is 0.314. The third kappa shape index (κ3) is 9.38. The number of thioether (sulfide) groups is 2. The number of ether oxygens (including phenoxy) is 4. The summed E-state index contributed by atoms with van der Waals surface area (Å²) in [5.74, 6) is 5.75. The van der Waals surface area contributed by atoms with Crippen LogP contribution in [0.15, 0.2) is 97.1 Å². The minimum atomic E-state index is -0.733. The van der Waals surface area contributed by atoms with Gasteiger partial charge in [-0.05, 0) is 83.6 Å². The number of hydrogen-bond donors (Lipinski definition) is 1. The van der Waals surface area contributed by atoms with Gasteiger partial charge in [-0.3, -0.25) is 0 Å². The Morgan fingerprint density at radius 3 is 1.07 bits per heavy atom. The van der Waals surface area contributed by atoms with Crippen molar-refractivity contribution in [3.63, 3.8) is 0 Å². The van der Waals surface area contributed by atoms with Gasteiger partial charge in [-0.15, -0.1) is 0 Å². The summed E-state index contributed by atoms with van der Waals surface area (Å²) in [6.07, 6.45) is 0.952. The Kier molecular flexibility index (Phi) is 9.80. The van der Waals surface area contributed by atoms with Gasteiger partial charge in [0.25, 0.3) is 0 Å². The van der Waals surface area contributed by atoms with E-state index in [-0.39, 0.29) is 13.2 Å². The van der Waals surface area contributed by atoms with Crippen LogP contribution >= 0.6 is 23.5 Å². The second-order valence-corrected chi connectivity index (χ2v) is 13.4. The van der Waals surface area contributed by atoms with Gasteiger partial charge in [0.2, 0.25) is 0 Å². The molecular formula is C35H36O5S2. The van der Waals surface area contributed by atoms with Crippen LogP contribution in [0.2, 0.25) is 0 Å². The Morgan fingerprint density at radius 2 is 0.786 bits per heavy atom. The molecule has 7 heteroatoms.